The van der Waals surface area contributed by atoms with E-state index in [1.165, 1.54) is 5.69 Å². The van der Waals surface area contributed by atoms with Crippen LogP contribution in [0.2, 0.25) is 5.02 Å². The van der Waals surface area contributed by atoms with Crippen LogP contribution in [0.4, 0.5) is 5.69 Å². The summed E-state index contributed by atoms with van der Waals surface area (Å²) in [6.07, 6.45) is 5.06. The number of rotatable bonds is 2. The van der Waals surface area contributed by atoms with E-state index in [2.05, 4.69) is 39.2 Å². The standard InChI is InChI=1S/C25H26ClN3O2/c26-19-7-8-21-20(14-19)27-25(23-6-3-11-29(21)23)16-24(31-17-25)9-12-28(13-10-24)15-18-4-1-2-5-22(18)30/h1-8,11,14,27,30H,9-10,12-13,15-17H2. The van der Waals surface area contributed by atoms with Crippen molar-refractivity contribution in [3.63, 3.8) is 0 Å². The number of hydrogen-bond donors (Lipinski definition) is 2. The first-order valence-corrected chi connectivity index (χ1v) is 11.3. The van der Waals surface area contributed by atoms with Crippen molar-refractivity contribution in [3.05, 3.63) is 77.1 Å². The van der Waals surface area contributed by atoms with Gasteiger partial charge in [-0.05, 0) is 49.2 Å². The third-order valence-electron chi connectivity index (χ3n) is 7.23. The molecule has 3 aliphatic heterocycles. The van der Waals surface area contributed by atoms with Gasteiger partial charge in [-0.2, -0.15) is 0 Å². The molecule has 31 heavy (non-hydrogen) atoms. The maximum Gasteiger partial charge on any atom is 0.120 e. The summed E-state index contributed by atoms with van der Waals surface area (Å²) in [5.41, 5.74) is 4.09. The molecule has 2 saturated heterocycles. The van der Waals surface area contributed by atoms with Crippen LogP contribution in [0.3, 0.4) is 0 Å². The number of ether oxygens (including phenoxy) is 1. The number of likely N-dealkylation sites (tertiary alicyclic amines) is 1. The molecule has 3 aliphatic rings. The molecular formula is C25H26ClN3O2. The molecule has 4 heterocycles. The molecule has 6 rings (SSSR count). The van der Waals surface area contributed by atoms with Crippen molar-refractivity contribution in [2.75, 3.05) is 25.0 Å². The first-order valence-electron chi connectivity index (χ1n) is 11.0. The van der Waals surface area contributed by atoms with Crippen molar-refractivity contribution in [1.29, 1.82) is 0 Å². The monoisotopic (exact) mass is 435 g/mol. The zero-order valence-corrected chi connectivity index (χ0v) is 18.1. The molecule has 6 heteroatoms. The van der Waals surface area contributed by atoms with Gasteiger partial charge in [-0.1, -0.05) is 29.8 Å². The predicted molar refractivity (Wildman–Crippen MR) is 122 cm³/mol. The highest BCUT2D eigenvalue weighted by atomic mass is 35.5. The minimum absolute atomic E-state index is 0.118. The van der Waals surface area contributed by atoms with Gasteiger partial charge in [0.2, 0.25) is 0 Å². The zero-order chi connectivity index (χ0) is 21.1. The molecule has 5 nitrogen and oxygen atoms in total. The smallest absolute Gasteiger partial charge is 0.120 e. The number of aromatic hydroxyl groups is 1. The largest absolute Gasteiger partial charge is 0.508 e. The van der Waals surface area contributed by atoms with E-state index in [4.69, 9.17) is 16.3 Å². The molecule has 1 aromatic heterocycles. The van der Waals surface area contributed by atoms with Gasteiger partial charge in [0, 0.05) is 42.8 Å². The summed E-state index contributed by atoms with van der Waals surface area (Å²) < 4.78 is 8.86. The minimum atomic E-state index is -0.235. The summed E-state index contributed by atoms with van der Waals surface area (Å²) in [5.74, 6) is 0.378. The van der Waals surface area contributed by atoms with Crippen LogP contribution in [0.25, 0.3) is 5.69 Å². The molecule has 2 N–H and O–H groups in total. The molecule has 0 amide bonds. The number of fused-ring (bicyclic) bond motifs is 4. The number of halogens is 1. The Hall–Kier alpha value is -2.47. The molecule has 0 saturated carbocycles. The fourth-order valence-corrected chi connectivity index (χ4v) is 5.79. The Morgan fingerprint density at radius 3 is 2.74 bits per heavy atom. The number of anilines is 1. The summed E-state index contributed by atoms with van der Waals surface area (Å²) in [6, 6.07) is 18.0. The topological polar surface area (TPSA) is 49.7 Å². The van der Waals surface area contributed by atoms with Crippen molar-refractivity contribution < 1.29 is 9.84 Å². The molecular weight excluding hydrogens is 410 g/mol. The van der Waals surface area contributed by atoms with Gasteiger partial charge in [-0.25, -0.2) is 0 Å². The highest BCUT2D eigenvalue weighted by Crippen LogP contribution is 2.50. The Balaban J connectivity index is 1.22. The fourth-order valence-electron chi connectivity index (χ4n) is 5.62. The zero-order valence-electron chi connectivity index (χ0n) is 17.4. The van der Waals surface area contributed by atoms with Crippen molar-refractivity contribution in [2.45, 2.75) is 36.9 Å². The fraction of sp³-hybridized carbons (Fsp3) is 0.360. The van der Waals surface area contributed by atoms with E-state index in [-0.39, 0.29) is 11.1 Å². The number of phenols is 1. The molecule has 3 aromatic rings. The Morgan fingerprint density at radius 2 is 1.90 bits per heavy atom. The lowest BCUT2D eigenvalue weighted by Crippen LogP contribution is -2.46. The SMILES string of the molecule is Oc1ccccc1CN1CCC2(CC1)CC1(CO2)Nc2cc(Cl)ccc2-n2cccc21. The highest BCUT2D eigenvalue weighted by Gasteiger charge is 2.53. The van der Waals surface area contributed by atoms with Crippen molar-refractivity contribution in [2.24, 2.45) is 0 Å². The van der Waals surface area contributed by atoms with Crippen LogP contribution in [0.5, 0.6) is 5.75 Å². The molecule has 0 radical (unpaired) electrons. The van der Waals surface area contributed by atoms with Gasteiger partial charge in [0.15, 0.2) is 0 Å². The Labute approximate surface area is 187 Å². The lowest BCUT2D eigenvalue weighted by molar-refractivity contribution is -0.0452. The Morgan fingerprint density at radius 1 is 1.06 bits per heavy atom. The summed E-state index contributed by atoms with van der Waals surface area (Å²) >= 11 is 6.30. The summed E-state index contributed by atoms with van der Waals surface area (Å²) in [5, 5.41) is 14.7. The second-order valence-corrected chi connectivity index (χ2v) is 9.62. The van der Waals surface area contributed by atoms with Crippen molar-refractivity contribution >= 4 is 17.3 Å². The van der Waals surface area contributed by atoms with Gasteiger partial charge in [-0.3, -0.25) is 4.90 Å². The molecule has 1 unspecified atom stereocenters. The average Bonchev–Trinajstić information content (AvgIpc) is 3.39. The van der Waals surface area contributed by atoms with E-state index in [0.29, 0.717) is 12.4 Å². The second-order valence-electron chi connectivity index (χ2n) is 9.19. The molecule has 2 aromatic carbocycles. The summed E-state index contributed by atoms with van der Waals surface area (Å²) in [6.45, 7) is 3.37. The molecule has 0 aliphatic carbocycles. The number of aromatic nitrogens is 1. The van der Waals surface area contributed by atoms with Crippen molar-refractivity contribution in [3.8, 4) is 11.4 Å². The van der Waals surface area contributed by atoms with Gasteiger partial charge in [0.1, 0.15) is 11.3 Å². The quantitative estimate of drug-likeness (QED) is 0.600. The maximum absolute atomic E-state index is 10.1. The average molecular weight is 436 g/mol. The number of benzene rings is 2. The number of nitrogens with zero attached hydrogens (tertiary/aromatic N) is 2. The van der Waals surface area contributed by atoms with Gasteiger partial charge < -0.3 is 19.7 Å². The van der Waals surface area contributed by atoms with E-state index in [9.17, 15) is 5.11 Å². The second kappa shape index (κ2) is 7.02. The van der Waals surface area contributed by atoms with Crippen LogP contribution in [0, 0.1) is 0 Å². The van der Waals surface area contributed by atoms with E-state index in [0.717, 1.165) is 60.9 Å². The molecule has 0 bridgehead atoms. The number of nitrogens with one attached hydrogen (secondary N) is 1. The van der Waals surface area contributed by atoms with Crippen LogP contribution < -0.4 is 5.32 Å². The van der Waals surface area contributed by atoms with Gasteiger partial charge in [-0.15, -0.1) is 0 Å². The van der Waals surface area contributed by atoms with E-state index < -0.39 is 0 Å². The van der Waals surface area contributed by atoms with Gasteiger partial charge in [0.25, 0.3) is 0 Å². The van der Waals surface area contributed by atoms with Gasteiger partial charge >= 0.3 is 0 Å². The van der Waals surface area contributed by atoms with E-state index in [1.54, 1.807) is 6.07 Å². The molecule has 160 valence electrons. The lowest BCUT2D eigenvalue weighted by Gasteiger charge is -2.41. The number of hydrogen-bond acceptors (Lipinski definition) is 4. The Bertz CT molecular complexity index is 1140. The Kier molecular flexibility index (Phi) is 4.36. The van der Waals surface area contributed by atoms with Crippen LogP contribution in [-0.4, -0.2) is 39.9 Å². The lowest BCUT2D eigenvalue weighted by atomic mass is 9.79. The number of piperidine rings is 1. The molecule has 2 fully saturated rings. The highest BCUT2D eigenvalue weighted by molar-refractivity contribution is 6.31. The minimum Gasteiger partial charge on any atom is -0.508 e. The molecule has 2 spiro atoms. The predicted octanol–water partition coefficient (Wildman–Crippen LogP) is 4.91. The first kappa shape index (κ1) is 19.2. The third kappa shape index (κ3) is 3.15. The maximum atomic E-state index is 10.1. The van der Waals surface area contributed by atoms with E-state index >= 15 is 0 Å². The van der Waals surface area contributed by atoms with Crippen LogP contribution in [0.15, 0.2) is 60.8 Å². The third-order valence-corrected chi connectivity index (χ3v) is 7.47. The van der Waals surface area contributed by atoms with Crippen LogP contribution in [-0.2, 0) is 16.8 Å². The summed E-state index contributed by atoms with van der Waals surface area (Å²) in [7, 11) is 0. The van der Waals surface area contributed by atoms with Crippen LogP contribution >= 0.6 is 11.6 Å². The number of phenolic OH excluding ortho intramolecular Hbond substituents is 1. The van der Waals surface area contributed by atoms with Crippen LogP contribution in [0.1, 0.15) is 30.5 Å². The number of para-hydroxylation sites is 1. The molecule has 1 atom stereocenters. The first-order chi connectivity index (χ1) is 15.1. The van der Waals surface area contributed by atoms with E-state index in [1.807, 2.05) is 30.3 Å². The normalized spacial score (nSPS) is 24.2. The van der Waals surface area contributed by atoms with Crippen molar-refractivity contribution in [1.82, 2.24) is 9.47 Å². The van der Waals surface area contributed by atoms with Gasteiger partial charge in [0.05, 0.1) is 29.3 Å². The summed E-state index contributed by atoms with van der Waals surface area (Å²) in [4.78, 5) is 2.42.